The molecule has 26 heavy (non-hydrogen) atoms. The van der Waals surface area contributed by atoms with Crippen LogP contribution in [0.25, 0.3) is 10.9 Å². The van der Waals surface area contributed by atoms with E-state index in [0.29, 0.717) is 13.1 Å². The van der Waals surface area contributed by atoms with Gasteiger partial charge in [0.15, 0.2) is 0 Å². The van der Waals surface area contributed by atoms with E-state index in [0.717, 1.165) is 47.1 Å². The summed E-state index contributed by atoms with van der Waals surface area (Å²) in [5.74, 6) is 0. The second kappa shape index (κ2) is 8.28. The van der Waals surface area contributed by atoms with Crippen molar-refractivity contribution in [1.29, 1.82) is 0 Å². The highest BCUT2D eigenvalue weighted by Gasteiger charge is 2.12. The predicted octanol–water partition coefficient (Wildman–Crippen LogP) is 3.99. The van der Waals surface area contributed by atoms with Gasteiger partial charge < -0.3 is 9.47 Å². The first-order chi connectivity index (χ1) is 12.6. The predicted molar refractivity (Wildman–Crippen MR) is 108 cm³/mol. The van der Waals surface area contributed by atoms with Crippen molar-refractivity contribution in [2.75, 3.05) is 13.6 Å². The maximum absolute atomic E-state index is 13.2. The van der Waals surface area contributed by atoms with Crippen LogP contribution in [0.3, 0.4) is 0 Å². The van der Waals surface area contributed by atoms with E-state index < -0.39 is 0 Å². The lowest BCUT2D eigenvalue weighted by Crippen LogP contribution is -2.29. The quantitative estimate of drug-likeness (QED) is 0.647. The Hall–Kier alpha value is -2.46. The Kier molecular flexibility index (Phi) is 5.84. The summed E-state index contributed by atoms with van der Waals surface area (Å²) in [6, 6.07) is 14.2. The number of unbranched alkanes of at least 4 members (excludes halogenated alkanes) is 1. The van der Waals surface area contributed by atoms with Gasteiger partial charge in [-0.3, -0.25) is 9.78 Å². The van der Waals surface area contributed by atoms with E-state index in [1.165, 1.54) is 0 Å². The number of rotatable bonds is 7. The lowest BCUT2D eigenvalue weighted by atomic mass is 10.1. The minimum absolute atomic E-state index is 0.0806. The minimum atomic E-state index is 0.0806. The van der Waals surface area contributed by atoms with Crippen LogP contribution in [0.15, 0.2) is 53.5 Å². The third-order valence-electron chi connectivity index (χ3n) is 4.71. The molecule has 0 fully saturated rings. The summed E-state index contributed by atoms with van der Waals surface area (Å²) in [7, 11) is 2.08. The van der Waals surface area contributed by atoms with Crippen LogP contribution < -0.4 is 5.56 Å². The number of pyridine rings is 2. The smallest absolute Gasteiger partial charge is 0.255 e. The van der Waals surface area contributed by atoms with Gasteiger partial charge in [0.1, 0.15) is 0 Å². The van der Waals surface area contributed by atoms with Gasteiger partial charge in [0, 0.05) is 18.3 Å². The van der Waals surface area contributed by atoms with Crippen molar-refractivity contribution in [3.05, 3.63) is 75.8 Å². The maximum Gasteiger partial charge on any atom is 0.255 e. The zero-order valence-corrected chi connectivity index (χ0v) is 15.9. The zero-order valence-electron chi connectivity index (χ0n) is 15.9. The molecule has 136 valence electrons. The number of fused-ring (bicyclic) bond motifs is 1. The van der Waals surface area contributed by atoms with Gasteiger partial charge in [0.2, 0.25) is 0 Å². The summed E-state index contributed by atoms with van der Waals surface area (Å²) in [6.45, 7) is 6.41. The molecule has 3 aromatic rings. The summed E-state index contributed by atoms with van der Waals surface area (Å²) < 4.78 is 1.87. The molecule has 0 aliphatic rings. The second-order valence-electron chi connectivity index (χ2n) is 7.04. The number of aromatic nitrogens is 2. The van der Waals surface area contributed by atoms with Crippen LogP contribution in [0.1, 0.15) is 36.6 Å². The molecule has 3 rings (SSSR count). The van der Waals surface area contributed by atoms with E-state index in [4.69, 9.17) is 0 Å². The molecule has 4 heteroatoms. The SMILES string of the molecule is CCCCN(C)Cc1cc2ccc(C)cc2n(Cc2ccccn2)c1=O. The summed E-state index contributed by atoms with van der Waals surface area (Å²) >= 11 is 0. The Labute approximate surface area is 155 Å². The first kappa shape index (κ1) is 18.3. The van der Waals surface area contributed by atoms with Crippen LogP contribution in [0.5, 0.6) is 0 Å². The molecule has 0 saturated heterocycles. The highest BCUT2D eigenvalue weighted by atomic mass is 16.1. The number of nitrogens with zero attached hydrogens (tertiary/aromatic N) is 3. The van der Waals surface area contributed by atoms with Gasteiger partial charge in [-0.2, -0.15) is 0 Å². The van der Waals surface area contributed by atoms with Gasteiger partial charge in [-0.15, -0.1) is 0 Å². The summed E-state index contributed by atoms with van der Waals surface area (Å²) in [5.41, 5.74) is 3.95. The highest BCUT2D eigenvalue weighted by molar-refractivity contribution is 5.80. The summed E-state index contributed by atoms with van der Waals surface area (Å²) in [6.07, 6.45) is 4.08. The molecule has 4 nitrogen and oxygen atoms in total. The monoisotopic (exact) mass is 349 g/mol. The van der Waals surface area contributed by atoms with E-state index in [-0.39, 0.29) is 5.56 Å². The maximum atomic E-state index is 13.2. The van der Waals surface area contributed by atoms with Gasteiger partial charge in [-0.25, -0.2) is 0 Å². The summed E-state index contributed by atoms with van der Waals surface area (Å²) in [5, 5.41) is 1.10. The van der Waals surface area contributed by atoms with Crippen molar-refractivity contribution in [3.8, 4) is 0 Å². The molecule has 0 saturated carbocycles. The lowest BCUT2D eigenvalue weighted by Gasteiger charge is -2.18. The number of aryl methyl sites for hydroxylation is 1. The molecule has 1 aromatic carbocycles. The van der Waals surface area contributed by atoms with Crippen LogP contribution in [0.4, 0.5) is 0 Å². The third-order valence-corrected chi connectivity index (χ3v) is 4.71. The highest BCUT2D eigenvalue weighted by Crippen LogP contribution is 2.17. The molecule has 0 aliphatic carbocycles. The molecule has 0 radical (unpaired) electrons. The molecule has 0 atom stereocenters. The molecule has 2 heterocycles. The topological polar surface area (TPSA) is 38.1 Å². The Balaban J connectivity index is 2.05. The number of benzene rings is 1. The van der Waals surface area contributed by atoms with Crippen molar-refractivity contribution in [2.45, 2.75) is 39.8 Å². The molecule has 0 aliphatic heterocycles. The van der Waals surface area contributed by atoms with Gasteiger partial charge in [-0.1, -0.05) is 31.5 Å². The first-order valence-electron chi connectivity index (χ1n) is 9.30. The van der Waals surface area contributed by atoms with Gasteiger partial charge in [0.05, 0.1) is 17.8 Å². The Morgan fingerprint density at radius 1 is 1.15 bits per heavy atom. The average molecular weight is 349 g/mol. The van der Waals surface area contributed by atoms with Crippen LogP contribution in [0.2, 0.25) is 0 Å². The van der Waals surface area contributed by atoms with Crippen molar-refractivity contribution in [2.24, 2.45) is 0 Å². The third kappa shape index (κ3) is 4.20. The van der Waals surface area contributed by atoms with E-state index >= 15 is 0 Å². The first-order valence-corrected chi connectivity index (χ1v) is 9.30. The average Bonchev–Trinajstić information content (AvgIpc) is 2.64. The number of hydrogen-bond donors (Lipinski definition) is 0. The van der Waals surface area contributed by atoms with E-state index in [2.05, 4.69) is 55.0 Å². The minimum Gasteiger partial charge on any atom is -0.302 e. The molecule has 0 unspecified atom stereocenters. The normalized spacial score (nSPS) is 11.4. The van der Waals surface area contributed by atoms with Gasteiger partial charge in [-0.05, 0) is 62.2 Å². The lowest BCUT2D eigenvalue weighted by molar-refractivity contribution is 0.319. The Bertz CT molecular complexity index is 931. The fraction of sp³-hybridized carbons (Fsp3) is 0.364. The Morgan fingerprint density at radius 3 is 2.73 bits per heavy atom. The molecule has 0 amide bonds. The Morgan fingerprint density at radius 2 is 2.00 bits per heavy atom. The zero-order chi connectivity index (χ0) is 18.5. The van der Waals surface area contributed by atoms with Crippen LogP contribution in [-0.2, 0) is 13.1 Å². The fourth-order valence-electron chi connectivity index (χ4n) is 3.26. The van der Waals surface area contributed by atoms with Crippen molar-refractivity contribution < 1.29 is 0 Å². The van der Waals surface area contributed by atoms with Crippen molar-refractivity contribution in [3.63, 3.8) is 0 Å². The molecule has 0 spiro atoms. The second-order valence-corrected chi connectivity index (χ2v) is 7.04. The van der Waals surface area contributed by atoms with Crippen LogP contribution in [-0.4, -0.2) is 28.0 Å². The van der Waals surface area contributed by atoms with E-state index in [9.17, 15) is 4.79 Å². The van der Waals surface area contributed by atoms with Crippen LogP contribution >= 0.6 is 0 Å². The van der Waals surface area contributed by atoms with E-state index in [1.54, 1.807) is 6.20 Å². The van der Waals surface area contributed by atoms with Gasteiger partial charge >= 0.3 is 0 Å². The fourth-order valence-corrected chi connectivity index (χ4v) is 3.26. The summed E-state index contributed by atoms with van der Waals surface area (Å²) in [4.78, 5) is 19.8. The molecule has 2 aromatic heterocycles. The number of hydrogen-bond acceptors (Lipinski definition) is 3. The van der Waals surface area contributed by atoms with Crippen LogP contribution in [0, 0.1) is 6.92 Å². The van der Waals surface area contributed by atoms with Crippen molar-refractivity contribution in [1.82, 2.24) is 14.5 Å². The molecular formula is C22H27N3O. The molecule has 0 bridgehead atoms. The van der Waals surface area contributed by atoms with E-state index in [1.807, 2.05) is 22.8 Å². The van der Waals surface area contributed by atoms with Crippen molar-refractivity contribution >= 4 is 10.9 Å². The van der Waals surface area contributed by atoms with Gasteiger partial charge in [0.25, 0.3) is 5.56 Å². The molecular weight excluding hydrogens is 322 g/mol. The molecule has 0 N–H and O–H groups in total. The largest absolute Gasteiger partial charge is 0.302 e. The standard InChI is InChI=1S/C22H27N3O/c1-4-5-12-24(3)15-19-14-18-10-9-17(2)13-21(18)25(22(19)26)16-20-8-6-7-11-23-20/h6-11,13-14H,4-5,12,15-16H2,1-3H3.